The predicted molar refractivity (Wildman–Crippen MR) is 133 cm³/mol. The number of urea groups is 1. The first-order valence-electron chi connectivity index (χ1n) is 10.3. The average molecular weight is 455 g/mol. The average Bonchev–Trinajstić information content (AvgIpc) is 2.85. The first-order valence-corrected chi connectivity index (χ1v) is 11.2. The topological polar surface area (TPSA) is 83.1 Å². The van der Waals surface area contributed by atoms with Crippen molar-refractivity contribution in [3.63, 3.8) is 0 Å². The molecule has 7 heteroatoms. The number of thioether (sulfide) groups is 1. The fraction of sp³-hybridized carbons (Fsp3) is 0.0385. The second-order valence-electron chi connectivity index (χ2n) is 7.10. The van der Waals surface area contributed by atoms with Gasteiger partial charge in [-0.15, -0.1) is 11.8 Å². The minimum atomic E-state index is -0.445. The van der Waals surface area contributed by atoms with Crippen LogP contribution in [0.1, 0.15) is 10.8 Å². The van der Waals surface area contributed by atoms with Gasteiger partial charge in [0.1, 0.15) is 5.25 Å². The molecule has 0 saturated heterocycles. The fourth-order valence-corrected chi connectivity index (χ4v) is 4.14. The van der Waals surface area contributed by atoms with Crippen molar-refractivity contribution >= 4 is 40.8 Å². The lowest BCUT2D eigenvalue weighted by Gasteiger charge is -2.17. The van der Waals surface area contributed by atoms with Crippen LogP contribution in [-0.2, 0) is 4.79 Å². The van der Waals surface area contributed by atoms with Crippen molar-refractivity contribution in [2.24, 2.45) is 0 Å². The first-order chi connectivity index (χ1) is 16.2. The summed E-state index contributed by atoms with van der Waals surface area (Å²) in [5.41, 5.74) is 2.97. The van der Waals surface area contributed by atoms with E-state index >= 15 is 0 Å². The van der Waals surface area contributed by atoms with Gasteiger partial charge >= 0.3 is 6.03 Å². The van der Waals surface area contributed by atoms with E-state index in [4.69, 9.17) is 0 Å². The van der Waals surface area contributed by atoms with Gasteiger partial charge in [-0.25, -0.2) is 4.79 Å². The highest BCUT2D eigenvalue weighted by molar-refractivity contribution is 8.00. The normalized spacial score (nSPS) is 11.3. The number of anilines is 3. The minimum Gasteiger partial charge on any atom is -0.325 e. The summed E-state index contributed by atoms with van der Waals surface area (Å²) >= 11 is 1.44. The standard InChI is InChI=1S/C26H22N4O2S/c31-25(28-22-15-17-27-18-16-22)24(19-7-3-1-4-8-19)33-23-13-11-21(12-14-23)30-26(32)29-20-9-5-2-6-10-20/h1-18,24H,(H,27,28,31)(H2,29,30,32). The van der Waals surface area contributed by atoms with Crippen LogP contribution in [0.15, 0.2) is 114 Å². The lowest BCUT2D eigenvalue weighted by atomic mass is 10.1. The largest absolute Gasteiger partial charge is 0.325 e. The van der Waals surface area contributed by atoms with Gasteiger partial charge in [-0.2, -0.15) is 0 Å². The number of aromatic nitrogens is 1. The zero-order valence-corrected chi connectivity index (χ0v) is 18.5. The van der Waals surface area contributed by atoms with Crippen LogP contribution in [-0.4, -0.2) is 16.9 Å². The molecule has 0 radical (unpaired) electrons. The molecule has 0 aliphatic carbocycles. The van der Waals surface area contributed by atoms with E-state index in [2.05, 4.69) is 20.9 Å². The van der Waals surface area contributed by atoms with E-state index in [-0.39, 0.29) is 11.9 Å². The van der Waals surface area contributed by atoms with Gasteiger partial charge in [-0.05, 0) is 54.1 Å². The van der Waals surface area contributed by atoms with Crippen LogP contribution >= 0.6 is 11.8 Å². The van der Waals surface area contributed by atoms with Gasteiger partial charge in [-0.3, -0.25) is 9.78 Å². The molecule has 1 atom stereocenters. The van der Waals surface area contributed by atoms with Crippen molar-refractivity contribution < 1.29 is 9.59 Å². The monoisotopic (exact) mass is 454 g/mol. The Balaban J connectivity index is 1.43. The van der Waals surface area contributed by atoms with Gasteiger partial charge in [0.2, 0.25) is 5.91 Å². The Morgan fingerprint density at radius 3 is 1.82 bits per heavy atom. The molecule has 33 heavy (non-hydrogen) atoms. The van der Waals surface area contributed by atoms with Gasteiger partial charge in [0.05, 0.1) is 0 Å². The highest BCUT2D eigenvalue weighted by atomic mass is 32.2. The SMILES string of the molecule is O=C(Nc1ccccc1)Nc1ccc(SC(C(=O)Nc2ccncc2)c2ccccc2)cc1. The molecule has 164 valence electrons. The Labute approximate surface area is 196 Å². The van der Waals surface area contributed by atoms with Crippen molar-refractivity contribution in [3.05, 3.63) is 115 Å². The maximum Gasteiger partial charge on any atom is 0.323 e. The molecule has 1 heterocycles. The Morgan fingerprint density at radius 2 is 1.18 bits per heavy atom. The number of carbonyl (C=O) groups is 2. The molecule has 0 saturated carbocycles. The Kier molecular flexibility index (Phi) is 7.35. The van der Waals surface area contributed by atoms with Crippen LogP contribution in [0.5, 0.6) is 0 Å². The van der Waals surface area contributed by atoms with Crippen LogP contribution in [0, 0.1) is 0 Å². The van der Waals surface area contributed by atoms with Crippen LogP contribution in [0.2, 0.25) is 0 Å². The molecular formula is C26H22N4O2S. The van der Waals surface area contributed by atoms with Gasteiger partial charge in [0.15, 0.2) is 0 Å². The molecule has 6 nitrogen and oxygen atoms in total. The van der Waals surface area contributed by atoms with E-state index in [1.54, 1.807) is 24.5 Å². The smallest absolute Gasteiger partial charge is 0.323 e. The molecule has 0 fully saturated rings. The summed E-state index contributed by atoms with van der Waals surface area (Å²) in [6, 6.07) is 29.5. The number of hydrogen-bond acceptors (Lipinski definition) is 4. The Morgan fingerprint density at radius 1 is 0.636 bits per heavy atom. The lowest BCUT2D eigenvalue weighted by molar-refractivity contribution is -0.115. The van der Waals surface area contributed by atoms with Gasteiger partial charge in [0, 0.05) is 34.4 Å². The lowest BCUT2D eigenvalue weighted by Crippen LogP contribution is -2.19. The number of amides is 3. The predicted octanol–water partition coefficient (Wildman–Crippen LogP) is 6.20. The molecule has 3 N–H and O–H groups in total. The summed E-state index contributed by atoms with van der Waals surface area (Å²) in [6.07, 6.45) is 3.28. The number of rotatable bonds is 7. The molecule has 0 bridgehead atoms. The zero-order valence-electron chi connectivity index (χ0n) is 17.6. The Hall–Kier alpha value is -4.10. The molecule has 1 unspecified atom stereocenters. The molecule has 4 aromatic rings. The van der Waals surface area contributed by atoms with Crippen molar-refractivity contribution in [2.75, 3.05) is 16.0 Å². The van der Waals surface area contributed by atoms with E-state index < -0.39 is 5.25 Å². The van der Waals surface area contributed by atoms with Crippen molar-refractivity contribution in [2.45, 2.75) is 10.1 Å². The summed E-state index contributed by atoms with van der Waals surface area (Å²) in [6.45, 7) is 0. The maximum atomic E-state index is 13.1. The van der Waals surface area contributed by atoms with E-state index in [0.29, 0.717) is 17.1 Å². The van der Waals surface area contributed by atoms with Crippen LogP contribution in [0.3, 0.4) is 0 Å². The highest BCUT2D eigenvalue weighted by Crippen LogP contribution is 2.36. The number of nitrogens with zero attached hydrogens (tertiary/aromatic N) is 1. The molecule has 1 aromatic heterocycles. The molecule has 4 rings (SSSR count). The summed E-state index contributed by atoms with van der Waals surface area (Å²) in [5, 5.41) is 8.11. The van der Waals surface area contributed by atoms with E-state index in [0.717, 1.165) is 10.5 Å². The number of para-hydroxylation sites is 1. The second-order valence-corrected chi connectivity index (χ2v) is 8.28. The third kappa shape index (κ3) is 6.44. The van der Waals surface area contributed by atoms with Gasteiger partial charge in [-0.1, -0.05) is 48.5 Å². The second kappa shape index (κ2) is 11.0. The summed E-state index contributed by atoms with van der Waals surface area (Å²) in [5.74, 6) is -0.123. The third-order valence-corrected chi connectivity index (χ3v) is 5.95. The molecular weight excluding hydrogens is 432 g/mol. The summed E-state index contributed by atoms with van der Waals surface area (Å²) < 4.78 is 0. The highest BCUT2D eigenvalue weighted by Gasteiger charge is 2.22. The minimum absolute atomic E-state index is 0.123. The third-order valence-electron chi connectivity index (χ3n) is 4.69. The van der Waals surface area contributed by atoms with Crippen LogP contribution < -0.4 is 16.0 Å². The summed E-state index contributed by atoms with van der Waals surface area (Å²) in [4.78, 5) is 30.2. The summed E-state index contributed by atoms with van der Waals surface area (Å²) in [7, 11) is 0. The number of hydrogen-bond donors (Lipinski definition) is 3. The maximum absolute atomic E-state index is 13.1. The number of carbonyl (C=O) groups excluding carboxylic acids is 2. The van der Waals surface area contributed by atoms with Crippen molar-refractivity contribution in [3.8, 4) is 0 Å². The van der Waals surface area contributed by atoms with E-state index in [1.807, 2.05) is 84.9 Å². The molecule has 0 aliphatic heterocycles. The molecule has 3 amide bonds. The van der Waals surface area contributed by atoms with Crippen molar-refractivity contribution in [1.29, 1.82) is 0 Å². The number of benzene rings is 3. The van der Waals surface area contributed by atoms with E-state index in [9.17, 15) is 9.59 Å². The van der Waals surface area contributed by atoms with Crippen molar-refractivity contribution in [1.82, 2.24) is 4.98 Å². The quantitative estimate of drug-likeness (QED) is 0.290. The van der Waals surface area contributed by atoms with Gasteiger partial charge < -0.3 is 16.0 Å². The molecule has 0 spiro atoms. The van der Waals surface area contributed by atoms with Crippen LogP contribution in [0.4, 0.5) is 21.9 Å². The fourth-order valence-electron chi connectivity index (χ4n) is 3.11. The molecule has 0 aliphatic rings. The van der Waals surface area contributed by atoms with Gasteiger partial charge in [0.25, 0.3) is 0 Å². The Bertz CT molecular complexity index is 1190. The van der Waals surface area contributed by atoms with E-state index in [1.165, 1.54) is 11.8 Å². The van der Waals surface area contributed by atoms with Crippen LogP contribution in [0.25, 0.3) is 0 Å². The zero-order chi connectivity index (χ0) is 22.9. The number of pyridine rings is 1. The number of nitrogens with one attached hydrogen (secondary N) is 3. The molecule has 3 aromatic carbocycles. The first kappa shape index (κ1) is 22.1.